The standard InChI is InChI=1S/C5H7BrN4S/c1-4(6)3-11-5-7-8-9-10(5)2/h1,3H2,2H3. The molecule has 1 aromatic heterocycles. The molecule has 1 aromatic rings. The normalized spacial score (nSPS) is 10.0. The lowest BCUT2D eigenvalue weighted by Crippen LogP contribution is -1.93. The molecule has 0 bridgehead atoms. The number of rotatable bonds is 3. The Labute approximate surface area is 77.2 Å². The zero-order valence-electron chi connectivity index (χ0n) is 5.99. The van der Waals surface area contributed by atoms with Crippen molar-refractivity contribution in [1.29, 1.82) is 0 Å². The Balaban J connectivity index is 2.51. The summed E-state index contributed by atoms with van der Waals surface area (Å²) in [6, 6.07) is 0. The van der Waals surface area contributed by atoms with Crippen molar-refractivity contribution in [3.63, 3.8) is 0 Å². The second-order valence-electron chi connectivity index (χ2n) is 1.89. The summed E-state index contributed by atoms with van der Waals surface area (Å²) in [6.07, 6.45) is 0. The van der Waals surface area contributed by atoms with Crippen LogP contribution in [0.3, 0.4) is 0 Å². The van der Waals surface area contributed by atoms with Crippen LogP contribution in [-0.2, 0) is 7.05 Å². The van der Waals surface area contributed by atoms with Gasteiger partial charge in [-0.15, -0.1) is 5.10 Å². The first kappa shape index (κ1) is 8.73. The first-order valence-electron chi connectivity index (χ1n) is 2.88. The number of tetrazole rings is 1. The van der Waals surface area contributed by atoms with E-state index in [2.05, 4.69) is 38.0 Å². The van der Waals surface area contributed by atoms with Crippen LogP contribution < -0.4 is 0 Å². The summed E-state index contributed by atoms with van der Waals surface area (Å²) in [6.45, 7) is 3.70. The number of aryl methyl sites for hydroxylation is 1. The van der Waals surface area contributed by atoms with Gasteiger partial charge in [-0.1, -0.05) is 34.3 Å². The van der Waals surface area contributed by atoms with Gasteiger partial charge in [0.15, 0.2) is 0 Å². The maximum atomic E-state index is 3.79. The van der Waals surface area contributed by atoms with E-state index in [1.807, 2.05) is 0 Å². The van der Waals surface area contributed by atoms with E-state index in [0.29, 0.717) is 0 Å². The predicted octanol–water partition coefficient (Wildman–Crippen LogP) is 1.21. The first-order valence-corrected chi connectivity index (χ1v) is 4.66. The Hall–Kier alpha value is -0.360. The lowest BCUT2D eigenvalue weighted by molar-refractivity contribution is 0.665. The number of aromatic nitrogens is 4. The average Bonchev–Trinajstić information content (AvgIpc) is 2.31. The van der Waals surface area contributed by atoms with Crippen LogP contribution >= 0.6 is 27.7 Å². The summed E-state index contributed by atoms with van der Waals surface area (Å²) in [7, 11) is 1.80. The third kappa shape index (κ3) is 2.63. The van der Waals surface area contributed by atoms with Gasteiger partial charge in [0.2, 0.25) is 5.16 Å². The van der Waals surface area contributed by atoms with Crippen molar-refractivity contribution < 1.29 is 0 Å². The molecule has 0 amide bonds. The molecule has 0 radical (unpaired) electrons. The predicted molar refractivity (Wildman–Crippen MR) is 47.6 cm³/mol. The molecule has 0 aliphatic rings. The molecule has 0 spiro atoms. The fourth-order valence-corrected chi connectivity index (χ4v) is 1.43. The summed E-state index contributed by atoms with van der Waals surface area (Å²) < 4.78 is 2.56. The van der Waals surface area contributed by atoms with E-state index >= 15 is 0 Å². The Bertz CT molecular complexity index is 259. The van der Waals surface area contributed by atoms with Crippen LogP contribution in [0.5, 0.6) is 0 Å². The molecule has 1 heterocycles. The molecule has 11 heavy (non-hydrogen) atoms. The highest BCUT2D eigenvalue weighted by molar-refractivity contribution is 9.11. The molecular formula is C5H7BrN4S. The van der Waals surface area contributed by atoms with Gasteiger partial charge in [-0.2, -0.15) is 0 Å². The maximum absolute atomic E-state index is 3.79. The lowest BCUT2D eigenvalue weighted by Gasteiger charge is -1.95. The maximum Gasteiger partial charge on any atom is 0.209 e. The highest BCUT2D eigenvalue weighted by atomic mass is 79.9. The molecule has 4 nitrogen and oxygen atoms in total. The summed E-state index contributed by atoms with van der Waals surface area (Å²) in [5.74, 6) is 0.786. The van der Waals surface area contributed by atoms with Gasteiger partial charge < -0.3 is 0 Å². The highest BCUT2D eigenvalue weighted by Crippen LogP contribution is 2.17. The second kappa shape index (κ2) is 3.87. The molecule has 0 fully saturated rings. The third-order valence-corrected chi connectivity index (χ3v) is 2.69. The minimum atomic E-state index is 0.786. The van der Waals surface area contributed by atoms with Crippen molar-refractivity contribution in [2.45, 2.75) is 5.16 Å². The summed E-state index contributed by atoms with van der Waals surface area (Å²) >= 11 is 4.79. The van der Waals surface area contributed by atoms with Crippen LogP contribution in [0.15, 0.2) is 16.2 Å². The van der Waals surface area contributed by atoms with E-state index in [1.54, 1.807) is 23.5 Å². The van der Waals surface area contributed by atoms with Crippen molar-refractivity contribution in [2.24, 2.45) is 7.05 Å². The van der Waals surface area contributed by atoms with Gasteiger partial charge >= 0.3 is 0 Å². The van der Waals surface area contributed by atoms with Crippen LogP contribution in [0.4, 0.5) is 0 Å². The third-order valence-electron chi connectivity index (χ3n) is 0.939. The van der Waals surface area contributed by atoms with Crippen molar-refractivity contribution >= 4 is 27.7 Å². The molecule has 6 heteroatoms. The van der Waals surface area contributed by atoms with Crippen molar-refractivity contribution in [1.82, 2.24) is 20.2 Å². The van der Waals surface area contributed by atoms with E-state index in [1.165, 1.54) is 0 Å². The van der Waals surface area contributed by atoms with Gasteiger partial charge in [0.05, 0.1) is 0 Å². The van der Waals surface area contributed by atoms with E-state index in [4.69, 9.17) is 0 Å². The van der Waals surface area contributed by atoms with Crippen molar-refractivity contribution in [3.8, 4) is 0 Å². The zero-order chi connectivity index (χ0) is 8.27. The van der Waals surface area contributed by atoms with E-state index in [-0.39, 0.29) is 0 Å². The smallest absolute Gasteiger partial charge is 0.209 e. The van der Waals surface area contributed by atoms with E-state index < -0.39 is 0 Å². The molecule has 0 N–H and O–H groups in total. The Morgan fingerprint density at radius 2 is 2.55 bits per heavy atom. The van der Waals surface area contributed by atoms with Gasteiger partial charge in [0.1, 0.15) is 0 Å². The molecule has 0 saturated heterocycles. The number of thioether (sulfide) groups is 1. The van der Waals surface area contributed by atoms with Crippen LogP contribution in [0.25, 0.3) is 0 Å². The minimum absolute atomic E-state index is 0.786. The molecule has 0 aromatic carbocycles. The van der Waals surface area contributed by atoms with Gasteiger partial charge in [-0.25, -0.2) is 4.68 Å². The van der Waals surface area contributed by atoms with Gasteiger partial charge in [-0.3, -0.25) is 0 Å². The van der Waals surface area contributed by atoms with Gasteiger partial charge in [0.25, 0.3) is 0 Å². The fraction of sp³-hybridized carbons (Fsp3) is 0.400. The number of hydrogen-bond donors (Lipinski definition) is 0. The Morgan fingerprint density at radius 1 is 1.82 bits per heavy atom. The van der Waals surface area contributed by atoms with E-state index in [0.717, 1.165) is 15.4 Å². The van der Waals surface area contributed by atoms with Crippen LogP contribution in [0.1, 0.15) is 0 Å². The molecule has 0 unspecified atom stereocenters. The van der Waals surface area contributed by atoms with E-state index in [9.17, 15) is 0 Å². The molecular weight excluding hydrogens is 228 g/mol. The summed E-state index contributed by atoms with van der Waals surface area (Å²) in [5.41, 5.74) is 0. The van der Waals surface area contributed by atoms with Crippen LogP contribution in [-0.4, -0.2) is 26.0 Å². The van der Waals surface area contributed by atoms with Gasteiger partial charge in [0, 0.05) is 12.8 Å². The van der Waals surface area contributed by atoms with Crippen molar-refractivity contribution in [2.75, 3.05) is 5.75 Å². The van der Waals surface area contributed by atoms with Gasteiger partial charge in [-0.05, 0) is 14.9 Å². The minimum Gasteiger partial charge on any atom is -0.224 e. The van der Waals surface area contributed by atoms with Crippen LogP contribution in [0.2, 0.25) is 0 Å². The quantitative estimate of drug-likeness (QED) is 0.738. The largest absolute Gasteiger partial charge is 0.224 e. The highest BCUT2D eigenvalue weighted by Gasteiger charge is 2.01. The molecule has 0 atom stereocenters. The van der Waals surface area contributed by atoms with Crippen molar-refractivity contribution in [3.05, 3.63) is 11.1 Å². The zero-order valence-corrected chi connectivity index (χ0v) is 8.39. The topological polar surface area (TPSA) is 43.6 Å². The van der Waals surface area contributed by atoms with Crippen LogP contribution in [0, 0.1) is 0 Å². The molecule has 1 rings (SSSR count). The lowest BCUT2D eigenvalue weighted by atomic mass is 10.8. The molecule has 0 aliphatic heterocycles. The second-order valence-corrected chi connectivity index (χ2v) is 3.95. The Kier molecular flexibility index (Phi) is 3.07. The number of halogens is 1. The fourth-order valence-electron chi connectivity index (χ4n) is 0.486. The average molecular weight is 235 g/mol. The SMILES string of the molecule is C=C(Br)CSc1nnnn1C. The Morgan fingerprint density at radius 3 is 3.00 bits per heavy atom. The number of nitrogens with zero attached hydrogens (tertiary/aromatic N) is 4. The molecule has 0 aliphatic carbocycles. The summed E-state index contributed by atoms with van der Waals surface area (Å²) in [4.78, 5) is 0. The molecule has 0 saturated carbocycles. The molecule has 60 valence electrons. The number of hydrogen-bond acceptors (Lipinski definition) is 4. The first-order chi connectivity index (χ1) is 5.20. The monoisotopic (exact) mass is 234 g/mol. The summed E-state index contributed by atoms with van der Waals surface area (Å²) in [5, 5.41) is 11.8.